The smallest absolute Gasteiger partial charge is 0.345 e. The van der Waals surface area contributed by atoms with Crippen LogP contribution in [-0.2, 0) is 19.6 Å². The Hall–Kier alpha value is -3.48. The summed E-state index contributed by atoms with van der Waals surface area (Å²) in [5.74, 6) is -0.539. The number of sulfonamides is 1. The molecule has 0 spiro atoms. The maximum atomic E-state index is 12.2. The Labute approximate surface area is 197 Å². The van der Waals surface area contributed by atoms with Gasteiger partial charge in [-0.25, -0.2) is 13.2 Å². The van der Waals surface area contributed by atoms with Crippen molar-refractivity contribution in [3.05, 3.63) is 60.2 Å². The lowest BCUT2D eigenvalue weighted by Gasteiger charge is -2.16. The first-order valence-electron chi connectivity index (χ1n) is 10.7. The maximum absolute atomic E-state index is 12.2. The van der Waals surface area contributed by atoms with Gasteiger partial charge < -0.3 is 25.8 Å². The Kier molecular flexibility index (Phi) is 8.96. The van der Waals surface area contributed by atoms with Gasteiger partial charge in [0.25, 0.3) is 0 Å². The topological polar surface area (TPSA) is 161 Å². The molecule has 182 valence electrons. The first-order chi connectivity index (χ1) is 16.3. The summed E-state index contributed by atoms with van der Waals surface area (Å²) in [7, 11) is -3.90. The number of rotatable bonds is 10. The van der Waals surface area contributed by atoms with Crippen molar-refractivity contribution in [1.29, 1.82) is 0 Å². The minimum atomic E-state index is -3.90. The predicted octanol–water partition coefficient (Wildman–Crippen LogP) is 0.341. The van der Waals surface area contributed by atoms with Gasteiger partial charge in [-0.2, -0.15) is 4.72 Å². The molecule has 0 radical (unpaired) electrons. The molecule has 12 heteroatoms. The first-order valence-corrected chi connectivity index (χ1v) is 12.1. The molecule has 2 aromatic rings. The van der Waals surface area contributed by atoms with Gasteiger partial charge in [-0.1, -0.05) is 18.2 Å². The van der Waals surface area contributed by atoms with Gasteiger partial charge in [0.15, 0.2) is 5.96 Å². The van der Waals surface area contributed by atoms with Crippen LogP contribution in [0.3, 0.4) is 0 Å². The fourth-order valence-electron chi connectivity index (χ4n) is 2.97. The summed E-state index contributed by atoms with van der Waals surface area (Å²) in [6.07, 6.45) is -0.765. The van der Waals surface area contributed by atoms with Gasteiger partial charge in [0.2, 0.25) is 10.0 Å². The Morgan fingerprint density at radius 2 is 1.85 bits per heavy atom. The monoisotopic (exact) mass is 489 g/mol. The lowest BCUT2D eigenvalue weighted by Crippen LogP contribution is -2.43. The Morgan fingerprint density at radius 3 is 2.53 bits per heavy atom. The quantitative estimate of drug-likeness (QED) is 0.160. The van der Waals surface area contributed by atoms with Crippen molar-refractivity contribution in [2.45, 2.75) is 23.9 Å². The highest BCUT2D eigenvalue weighted by Gasteiger charge is 2.21. The van der Waals surface area contributed by atoms with Gasteiger partial charge >= 0.3 is 11.9 Å². The average Bonchev–Trinajstić information content (AvgIpc) is 2.83. The highest BCUT2D eigenvalue weighted by molar-refractivity contribution is 7.89. The number of carbonyl (C=O) groups is 2. The van der Waals surface area contributed by atoms with E-state index in [1.165, 1.54) is 24.3 Å². The minimum Gasteiger partial charge on any atom is -0.492 e. The molecule has 0 saturated heterocycles. The molecular formula is C22H27N5O6S. The number of aliphatic imine (C=N–C) groups is 1. The second kappa shape index (κ2) is 12.1. The van der Waals surface area contributed by atoms with E-state index in [0.29, 0.717) is 18.9 Å². The first kappa shape index (κ1) is 25.1. The van der Waals surface area contributed by atoms with Crippen molar-refractivity contribution in [1.82, 2.24) is 15.4 Å². The number of esters is 2. The van der Waals surface area contributed by atoms with Crippen molar-refractivity contribution in [3.8, 4) is 5.75 Å². The number of ether oxygens (including phenoxy) is 2. The second-order valence-electron chi connectivity index (χ2n) is 7.32. The third kappa shape index (κ3) is 7.83. The number of nitrogens with zero attached hydrogens (tertiary/aromatic N) is 1. The van der Waals surface area contributed by atoms with E-state index in [4.69, 9.17) is 15.2 Å². The summed E-state index contributed by atoms with van der Waals surface area (Å²) < 4.78 is 37.0. The number of hydrogen-bond donors (Lipinski definition) is 4. The van der Waals surface area contributed by atoms with Crippen molar-refractivity contribution in [3.63, 3.8) is 0 Å². The van der Waals surface area contributed by atoms with Gasteiger partial charge in [0.1, 0.15) is 12.4 Å². The molecule has 0 aromatic heterocycles. The molecule has 2 aromatic carbocycles. The van der Waals surface area contributed by atoms with Crippen LogP contribution in [-0.4, -0.2) is 58.7 Å². The van der Waals surface area contributed by atoms with E-state index < -0.39 is 34.5 Å². The summed E-state index contributed by atoms with van der Waals surface area (Å²) in [5, 5.41) is 6.28. The Bertz CT molecular complexity index is 1110. The van der Waals surface area contributed by atoms with E-state index in [1.807, 2.05) is 0 Å². The van der Waals surface area contributed by atoms with Crippen LogP contribution in [0.1, 0.15) is 23.2 Å². The molecule has 1 aliphatic rings. The zero-order chi connectivity index (χ0) is 24.4. The molecule has 0 saturated carbocycles. The molecule has 0 unspecified atom stereocenters. The van der Waals surface area contributed by atoms with Crippen LogP contribution in [0.2, 0.25) is 0 Å². The number of guanidine groups is 1. The zero-order valence-electron chi connectivity index (χ0n) is 18.4. The molecule has 1 heterocycles. The molecule has 11 nitrogen and oxygen atoms in total. The largest absolute Gasteiger partial charge is 0.492 e. The Balaban J connectivity index is 1.41. The summed E-state index contributed by atoms with van der Waals surface area (Å²) in [6.45, 7) is 2.63. The van der Waals surface area contributed by atoms with Crippen LogP contribution in [0.5, 0.6) is 5.75 Å². The average molecular weight is 490 g/mol. The lowest BCUT2D eigenvalue weighted by molar-refractivity contribution is -0.138. The number of benzene rings is 2. The fraction of sp³-hybridized carbons (Fsp3) is 0.318. The summed E-state index contributed by atoms with van der Waals surface area (Å²) in [4.78, 5) is 28.5. The maximum Gasteiger partial charge on any atom is 0.345 e. The third-order valence-corrected chi connectivity index (χ3v) is 6.11. The van der Waals surface area contributed by atoms with E-state index >= 15 is 0 Å². The molecular weight excluding hydrogens is 462 g/mol. The van der Waals surface area contributed by atoms with Crippen molar-refractivity contribution < 1.29 is 27.5 Å². The summed E-state index contributed by atoms with van der Waals surface area (Å²) in [6, 6.07) is 13.7. The molecule has 1 atom stereocenters. The van der Waals surface area contributed by atoms with Crippen molar-refractivity contribution in [2.24, 2.45) is 10.7 Å². The van der Waals surface area contributed by atoms with Crippen LogP contribution in [0.4, 0.5) is 0 Å². The van der Waals surface area contributed by atoms with E-state index in [9.17, 15) is 18.0 Å². The van der Waals surface area contributed by atoms with Crippen LogP contribution in [0.25, 0.3) is 0 Å². The summed E-state index contributed by atoms with van der Waals surface area (Å²) in [5.41, 5.74) is 5.84. The highest BCUT2D eigenvalue weighted by atomic mass is 32.2. The van der Waals surface area contributed by atoms with Crippen LogP contribution in [0.15, 0.2) is 64.5 Å². The van der Waals surface area contributed by atoms with E-state index in [1.54, 1.807) is 30.3 Å². The standard InChI is InChI=1S/C22H27N5O6S/c23-19(27-34(30,31)18-5-2-1-3-6-18)15-20(28)33-21(29)16-7-9-17(10-8-16)32-14-13-26-22-24-11-4-12-25-22/h1-3,5-10,19,27H,4,11-15,23H2,(H2,24,25,26)/t19-/m0/s1. The molecule has 3 rings (SSSR count). The lowest BCUT2D eigenvalue weighted by atomic mass is 10.2. The molecule has 0 bridgehead atoms. The molecule has 5 N–H and O–H groups in total. The van der Waals surface area contributed by atoms with Gasteiger partial charge in [0.05, 0.1) is 29.6 Å². The summed E-state index contributed by atoms with van der Waals surface area (Å²) >= 11 is 0. The predicted molar refractivity (Wildman–Crippen MR) is 125 cm³/mol. The number of nitrogens with two attached hydrogens (primary N) is 1. The molecule has 0 fully saturated rings. The number of carbonyl (C=O) groups excluding carboxylic acids is 2. The molecule has 0 aliphatic carbocycles. The Morgan fingerprint density at radius 1 is 1.12 bits per heavy atom. The molecule has 34 heavy (non-hydrogen) atoms. The van der Waals surface area contributed by atoms with E-state index in [2.05, 4.69) is 20.3 Å². The second-order valence-corrected chi connectivity index (χ2v) is 9.03. The number of nitrogens with one attached hydrogen (secondary N) is 3. The van der Waals surface area contributed by atoms with Gasteiger partial charge in [-0.05, 0) is 42.8 Å². The van der Waals surface area contributed by atoms with Gasteiger partial charge in [0, 0.05) is 13.1 Å². The van der Waals surface area contributed by atoms with Gasteiger partial charge in [-0.3, -0.25) is 9.79 Å². The minimum absolute atomic E-state index is 0.00684. The van der Waals surface area contributed by atoms with Crippen molar-refractivity contribution >= 4 is 27.9 Å². The third-order valence-electron chi connectivity index (χ3n) is 4.60. The van der Waals surface area contributed by atoms with Crippen molar-refractivity contribution in [2.75, 3.05) is 26.2 Å². The van der Waals surface area contributed by atoms with Crippen LogP contribution >= 0.6 is 0 Å². The SMILES string of the molecule is N[C@H](CC(=O)OC(=O)c1ccc(OCCNC2=NCCCN2)cc1)NS(=O)(=O)c1ccccc1. The highest BCUT2D eigenvalue weighted by Crippen LogP contribution is 2.13. The fourth-order valence-corrected chi connectivity index (χ4v) is 4.10. The molecule has 1 aliphatic heterocycles. The normalized spacial score (nSPS) is 14.3. The van der Waals surface area contributed by atoms with Crippen LogP contribution < -0.4 is 25.8 Å². The van der Waals surface area contributed by atoms with Crippen LogP contribution in [0, 0.1) is 0 Å². The molecule has 0 amide bonds. The van der Waals surface area contributed by atoms with E-state index in [0.717, 1.165) is 25.5 Å². The van der Waals surface area contributed by atoms with Gasteiger partial charge in [-0.15, -0.1) is 0 Å². The zero-order valence-corrected chi connectivity index (χ0v) is 19.2. The number of hydrogen-bond acceptors (Lipinski definition) is 10. The van der Waals surface area contributed by atoms with E-state index in [-0.39, 0.29) is 10.5 Å².